The molecule has 1 aromatic carbocycles. The minimum atomic E-state index is 0.624. The molecule has 3 atom stereocenters. The molecule has 0 saturated heterocycles. The molecule has 0 amide bonds. The highest BCUT2D eigenvalue weighted by Crippen LogP contribution is 2.32. The van der Waals surface area contributed by atoms with E-state index in [-0.39, 0.29) is 0 Å². The van der Waals surface area contributed by atoms with E-state index in [1.807, 2.05) is 5.51 Å². The highest BCUT2D eigenvalue weighted by molar-refractivity contribution is 7.16. The van der Waals surface area contributed by atoms with Crippen molar-refractivity contribution in [2.75, 3.05) is 5.32 Å². The van der Waals surface area contributed by atoms with Crippen LogP contribution in [0, 0.1) is 11.8 Å². The summed E-state index contributed by atoms with van der Waals surface area (Å²) in [6.07, 6.45) is 4.03. The van der Waals surface area contributed by atoms with Gasteiger partial charge in [-0.1, -0.05) is 26.7 Å². The molecule has 0 bridgehead atoms. The molecule has 1 heterocycles. The van der Waals surface area contributed by atoms with Crippen molar-refractivity contribution in [3.8, 4) is 0 Å². The Hall–Kier alpha value is -1.09. The standard InChI is InChI=1S/C15H20N2S/c1-10-4-3-5-13(11(10)2)17-12-6-7-14-15(8-12)18-9-16-14/h6-11,13,17H,3-5H2,1-2H3. The monoisotopic (exact) mass is 260 g/mol. The molecule has 1 N–H and O–H groups in total. The van der Waals surface area contributed by atoms with Crippen LogP contribution in [0.25, 0.3) is 10.2 Å². The number of hydrogen-bond donors (Lipinski definition) is 1. The molecule has 96 valence electrons. The van der Waals surface area contributed by atoms with Gasteiger partial charge >= 0.3 is 0 Å². The minimum Gasteiger partial charge on any atom is -0.382 e. The largest absolute Gasteiger partial charge is 0.382 e. The first-order valence-corrected chi connectivity index (χ1v) is 7.72. The van der Waals surface area contributed by atoms with Crippen molar-refractivity contribution >= 4 is 27.2 Å². The molecule has 1 aliphatic rings. The van der Waals surface area contributed by atoms with E-state index in [0.717, 1.165) is 17.4 Å². The van der Waals surface area contributed by atoms with Crippen LogP contribution < -0.4 is 5.32 Å². The zero-order chi connectivity index (χ0) is 12.5. The van der Waals surface area contributed by atoms with Crippen LogP contribution in [0.1, 0.15) is 33.1 Å². The Kier molecular flexibility index (Phi) is 3.25. The number of rotatable bonds is 2. The normalized spacial score (nSPS) is 28.4. The van der Waals surface area contributed by atoms with Gasteiger partial charge in [0.05, 0.1) is 15.7 Å². The summed E-state index contributed by atoms with van der Waals surface area (Å²) in [7, 11) is 0. The quantitative estimate of drug-likeness (QED) is 0.858. The molecule has 18 heavy (non-hydrogen) atoms. The number of benzene rings is 1. The molecule has 2 nitrogen and oxygen atoms in total. The molecule has 0 spiro atoms. The molecule has 1 aromatic heterocycles. The second-order valence-corrected chi connectivity index (χ2v) is 6.44. The van der Waals surface area contributed by atoms with E-state index in [9.17, 15) is 0 Å². The number of anilines is 1. The summed E-state index contributed by atoms with van der Waals surface area (Å²) in [5, 5.41) is 3.72. The highest BCUT2D eigenvalue weighted by Gasteiger charge is 2.26. The van der Waals surface area contributed by atoms with Crippen LogP contribution in [0.5, 0.6) is 0 Å². The lowest BCUT2D eigenvalue weighted by molar-refractivity contribution is 0.253. The number of nitrogens with one attached hydrogen (secondary N) is 1. The summed E-state index contributed by atoms with van der Waals surface area (Å²) in [4.78, 5) is 4.32. The maximum absolute atomic E-state index is 4.32. The number of aromatic nitrogens is 1. The highest BCUT2D eigenvalue weighted by atomic mass is 32.1. The summed E-state index contributed by atoms with van der Waals surface area (Å²) in [5.41, 5.74) is 4.27. The van der Waals surface area contributed by atoms with E-state index < -0.39 is 0 Å². The van der Waals surface area contributed by atoms with Gasteiger partial charge in [0.15, 0.2) is 0 Å². The lowest BCUT2D eigenvalue weighted by atomic mass is 9.78. The number of nitrogens with zero attached hydrogens (tertiary/aromatic N) is 1. The second-order valence-electron chi connectivity index (χ2n) is 5.55. The smallest absolute Gasteiger partial charge is 0.0813 e. The van der Waals surface area contributed by atoms with Gasteiger partial charge in [0.1, 0.15) is 0 Å². The molecule has 0 aliphatic heterocycles. The summed E-state index contributed by atoms with van der Waals surface area (Å²) < 4.78 is 1.27. The van der Waals surface area contributed by atoms with Crippen molar-refractivity contribution in [2.45, 2.75) is 39.2 Å². The van der Waals surface area contributed by atoms with E-state index in [4.69, 9.17) is 0 Å². The van der Waals surface area contributed by atoms with Gasteiger partial charge < -0.3 is 5.32 Å². The van der Waals surface area contributed by atoms with Crippen molar-refractivity contribution in [3.05, 3.63) is 23.7 Å². The Morgan fingerprint density at radius 3 is 3.06 bits per heavy atom. The lowest BCUT2D eigenvalue weighted by Crippen LogP contribution is -2.34. The van der Waals surface area contributed by atoms with Crippen molar-refractivity contribution in [3.63, 3.8) is 0 Å². The predicted octanol–water partition coefficient (Wildman–Crippen LogP) is 4.53. The average molecular weight is 260 g/mol. The molecular weight excluding hydrogens is 240 g/mol. The maximum Gasteiger partial charge on any atom is 0.0813 e. The molecule has 1 aliphatic carbocycles. The van der Waals surface area contributed by atoms with Gasteiger partial charge in [-0.2, -0.15) is 0 Å². The van der Waals surface area contributed by atoms with Crippen molar-refractivity contribution in [1.29, 1.82) is 0 Å². The van der Waals surface area contributed by atoms with E-state index in [1.165, 1.54) is 29.6 Å². The Morgan fingerprint density at radius 2 is 2.17 bits per heavy atom. The number of thiazole rings is 1. The topological polar surface area (TPSA) is 24.9 Å². The first-order valence-electron chi connectivity index (χ1n) is 6.84. The predicted molar refractivity (Wildman–Crippen MR) is 79.2 cm³/mol. The van der Waals surface area contributed by atoms with Crippen LogP contribution in [-0.4, -0.2) is 11.0 Å². The Balaban J connectivity index is 1.78. The van der Waals surface area contributed by atoms with Gasteiger partial charge in [0.25, 0.3) is 0 Å². The molecule has 1 saturated carbocycles. The van der Waals surface area contributed by atoms with Gasteiger partial charge in [-0.05, 0) is 36.5 Å². The number of fused-ring (bicyclic) bond motifs is 1. The van der Waals surface area contributed by atoms with Crippen LogP contribution in [0.2, 0.25) is 0 Å². The average Bonchev–Trinajstić information content (AvgIpc) is 2.82. The fraction of sp³-hybridized carbons (Fsp3) is 0.533. The first-order chi connectivity index (χ1) is 8.74. The van der Waals surface area contributed by atoms with Gasteiger partial charge in [-0.25, -0.2) is 4.98 Å². The van der Waals surface area contributed by atoms with Gasteiger partial charge in [-0.15, -0.1) is 11.3 Å². The fourth-order valence-corrected chi connectivity index (χ4v) is 3.66. The van der Waals surface area contributed by atoms with Crippen LogP contribution in [0.15, 0.2) is 23.7 Å². The summed E-state index contributed by atoms with van der Waals surface area (Å²) in [6, 6.07) is 7.14. The van der Waals surface area contributed by atoms with Gasteiger partial charge in [0, 0.05) is 11.7 Å². The van der Waals surface area contributed by atoms with E-state index in [1.54, 1.807) is 11.3 Å². The fourth-order valence-electron chi connectivity index (χ4n) is 2.94. The zero-order valence-electron chi connectivity index (χ0n) is 11.0. The van der Waals surface area contributed by atoms with Crippen molar-refractivity contribution < 1.29 is 0 Å². The second kappa shape index (κ2) is 4.88. The minimum absolute atomic E-state index is 0.624. The zero-order valence-corrected chi connectivity index (χ0v) is 11.8. The van der Waals surface area contributed by atoms with Crippen molar-refractivity contribution in [2.24, 2.45) is 11.8 Å². The number of hydrogen-bond acceptors (Lipinski definition) is 3. The van der Waals surface area contributed by atoms with Crippen LogP contribution in [-0.2, 0) is 0 Å². The Bertz CT molecular complexity index is 534. The molecular formula is C15H20N2S. The Labute approximate surface area is 112 Å². The summed E-state index contributed by atoms with van der Waals surface area (Å²) >= 11 is 1.71. The van der Waals surface area contributed by atoms with E-state index >= 15 is 0 Å². The SMILES string of the molecule is CC1CCCC(Nc2ccc3ncsc3c2)C1C. The summed E-state index contributed by atoms with van der Waals surface area (Å²) in [6.45, 7) is 4.76. The molecule has 3 unspecified atom stereocenters. The van der Waals surface area contributed by atoms with E-state index in [0.29, 0.717) is 6.04 Å². The maximum atomic E-state index is 4.32. The van der Waals surface area contributed by atoms with Crippen molar-refractivity contribution in [1.82, 2.24) is 4.98 Å². The van der Waals surface area contributed by atoms with Gasteiger partial charge in [0.2, 0.25) is 0 Å². The molecule has 0 radical (unpaired) electrons. The third kappa shape index (κ3) is 2.24. The molecule has 2 aromatic rings. The lowest BCUT2D eigenvalue weighted by Gasteiger charge is -2.35. The third-order valence-electron chi connectivity index (χ3n) is 4.39. The Morgan fingerprint density at radius 1 is 1.28 bits per heavy atom. The first kappa shape index (κ1) is 12.0. The van der Waals surface area contributed by atoms with Crippen LogP contribution >= 0.6 is 11.3 Å². The molecule has 1 fully saturated rings. The van der Waals surface area contributed by atoms with Crippen LogP contribution in [0.3, 0.4) is 0 Å². The molecule has 3 heteroatoms. The van der Waals surface area contributed by atoms with Gasteiger partial charge in [-0.3, -0.25) is 0 Å². The van der Waals surface area contributed by atoms with Crippen LogP contribution in [0.4, 0.5) is 5.69 Å². The molecule has 3 rings (SSSR count). The van der Waals surface area contributed by atoms with E-state index in [2.05, 4.69) is 42.3 Å². The summed E-state index contributed by atoms with van der Waals surface area (Å²) in [5.74, 6) is 1.60. The third-order valence-corrected chi connectivity index (χ3v) is 5.18.